The van der Waals surface area contributed by atoms with Gasteiger partial charge in [0.1, 0.15) is 11.9 Å². The lowest BCUT2D eigenvalue weighted by atomic mass is 10.0. The smallest absolute Gasteiger partial charge is 0.416 e. The Morgan fingerprint density at radius 1 is 1.47 bits per heavy atom. The highest BCUT2D eigenvalue weighted by molar-refractivity contribution is 5.41. The Bertz CT molecular complexity index is 413. The van der Waals surface area contributed by atoms with Crippen LogP contribution >= 0.6 is 0 Å². The van der Waals surface area contributed by atoms with Crippen LogP contribution in [0.1, 0.15) is 24.5 Å². The van der Waals surface area contributed by atoms with Gasteiger partial charge >= 0.3 is 6.18 Å². The van der Waals surface area contributed by atoms with E-state index in [1.54, 1.807) is 6.92 Å². The zero-order valence-electron chi connectivity index (χ0n) is 9.29. The van der Waals surface area contributed by atoms with E-state index in [0.29, 0.717) is 12.8 Å². The van der Waals surface area contributed by atoms with E-state index in [1.165, 1.54) is 6.07 Å². The summed E-state index contributed by atoms with van der Waals surface area (Å²) < 4.78 is 42.8. The van der Waals surface area contributed by atoms with Crippen molar-refractivity contribution in [3.05, 3.63) is 29.3 Å². The molecule has 94 valence electrons. The molecule has 2 atom stereocenters. The lowest BCUT2D eigenvalue weighted by Crippen LogP contribution is -2.19. The number of aliphatic hydroxyl groups is 1. The summed E-state index contributed by atoms with van der Waals surface area (Å²) in [7, 11) is 0. The van der Waals surface area contributed by atoms with E-state index in [-0.39, 0.29) is 11.9 Å². The molecule has 0 fully saturated rings. The summed E-state index contributed by atoms with van der Waals surface area (Å²) in [5.74, 6) is 0.283. The minimum Gasteiger partial charge on any atom is -0.490 e. The van der Waals surface area contributed by atoms with Crippen molar-refractivity contribution in [1.29, 1.82) is 0 Å². The number of ether oxygens (including phenoxy) is 1. The Labute approximate surface area is 97.0 Å². The predicted octanol–water partition coefficient (Wildman–Crippen LogP) is 2.78. The Morgan fingerprint density at radius 3 is 2.76 bits per heavy atom. The van der Waals surface area contributed by atoms with Gasteiger partial charge < -0.3 is 9.84 Å². The van der Waals surface area contributed by atoms with E-state index in [9.17, 15) is 18.3 Å². The molecule has 1 aromatic rings. The van der Waals surface area contributed by atoms with E-state index >= 15 is 0 Å². The van der Waals surface area contributed by atoms with Crippen LogP contribution in [-0.4, -0.2) is 17.3 Å². The predicted molar refractivity (Wildman–Crippen MR) is 55.9 cm³/mol. The molecule has 1 aliphatic heterocycles. The molecule has 1 aromatic carbocycles. The Morgan fingerprint density at radius 2 is 2.18 bits per heavy atom. The van der Waals surface area contributed by atoms with Crippen molar-refractivity contribution in [3.63, 3.8) is 0 Å². The third kappa shape index (κ3) is 2.72. The minimum atomic E-state index is -4.35. The number of hydrogen-bond donors (Lipinski definition) is 1. The minimum absolute atomic E-state index is 0.228. The molecule has 2 nitrogen and oxygen atoms in total. The van der Waals surface area contributed by atoms with Gasteiger partial charge in [-0.2, -0.15) is 13.2 Å². The zero-order chi connectivity index (χ0) is 12.6. The van der Waals surface area contributed by atoms with Gasteiger partial charge in [-0.15, -0.1) is 0 Å². The molecule has 0 aliphatic carbocycles. The fourth-order valence-corrected chi connectivity index (χ4v) is 1.99. The van der Waals surface area contributed by atoms with Crippen LogP contribution in [0.4, 0.5) is 13.2 Å². The Kier molecular flexibility index (Phi) is 3.03. The Balaban J connectivity index is 2.17. The number of fused-ring (bicyclic) bond motifs is 1. The molecule has 0 spiro atoms. The van der Waals surface area contributed by atoms with E-state index in [4.69, 9.17) is 4.74 Å². The molecule has 2 rings (SSSR count). The van der Waals surface area contributed by atoms with E-state index in [0.717, 1.165) is 17.7 Å². The molecule has 17 heavy (non-hydrogen) atoms. The molecule has 0 aromatic heterocycles. The number of hydrogen-bond acceptors (Lipinski definition) is 2. The molecule has 0 amide bonds. The van der Waals surface area contributed by atoms with Gasteiger partial charge in [0.05, 0.1) is 11.7 Å². The van der Waals surface area contributed by atoms with Gasteiger partial charge in [0, 0.05) is 12.8 Å². The number of benzene rings is 1. The van der Waals surface area contributed by atoms with Crippen LogP contribution in [0.5, 0.6) is 5.75 Å². The first-order valence-corrected chi connectivity index (χ1v) is 5.41. The summed E-state index contributed by atoms with van der Waals surface area (Å²) in [6.45, 7) is 1.63. The van der Waals surface area contributed by atoms with Crippen LogP contribution in [0.3, 0.4) is 0 Å². The molecular formula is C12H13F3O2. The van der Waals surface area contributed by atoms with Crippen LogP contribution in [-0.2, 0) is 12.6 Å². The maximum Gasteiger partial charge on any atom is 0.416 e. The highest BCUT2D eigenvalue weighted by atomic mass is 19.4. The average molecular weight is 246 g/mol. The van der Waals surface area contributed by atoms with Gasteiger partial charge in [-0.3, -0.25) is 0 Å². The topological polar surface area (TPSA) is 29.5 Å². The van der Waals surface area contributed by atoms with Crippen molar-refractivity contribution in [3.8, 4) is 5.75 Å². The Hall–Kier alpha value is -1.23. The van der Waals surface area contributed by atoms with Crippen molar-refractivity contribution in [2.24, 2.45) is 0 Å². The molecule has 0 bridgehead atoms. The number of aliphatic hydroxyl groups excluding tert-OH is 1. The summed E-state index contributed by atoms with van der Waals surface area (Å²) in [4.78, 5) is 0. The van der Waals surface area contributed by atoms with Crippen LogP contribution in [0.15, 0.2) is 18.2 Å². The summed E-state index contributed by atoms with van der Waals surface area (Å²) in [6.07, 6.45) is -4.11. The van der Waals surface area contributed by atoms with Gasteiger partial charge in [0.25, 0.3) is 0 Å². The largest absolute Gasteiger partial charge is 0.490 e. The van der Waals surface area contributed by atoms with Gasteiger partial charge in [-0.25, -0.2) is 0 Å². The summed E-state index contributed by atoms with van der Waals surface area (Å²) in [5.41, 5.74) is 0.0672. The van der Waals surface area contributed by atoms with E-state index in [1.807, 2.05) is 0 Å². The third-order valence-electron chi connectivity index (χ3n) is 2.74. The zero-order valence-corrected chi connectivity index (χ0v) is 9.29. The molecule has 0 saturated heterocycles. The quantitative estimate of drug-likeness (QED) is 0.869. The molecule has 2 unspecified atom stereocenters. The summed E-state index contributed by atoms with van der Waals surface area (Å²) in [6, 6.07) is 3.53. The van der Waals surface area contributed by atoms with Crippen LogP contribution in [0.25, 0.3) is 0 Å². The molecule has 1 heterocycles. The van der Waals surface area contributed by atoms with E-state index < -0.39 is 17.8 Å². The summed E-state index contributed by atoms with van der Waals surface area (Å²) >= 11 is 0. The lowest BCUT2D eigenvalue weighted by Gasteiger charge is -2.12. The van der Waals surface area contributed by atoms with E-state index in [2.05, 4.69) is 0 Å². The first kappa shape index (κ1) is 12.2. The van der Waals surface area contributed by atoms with Crippen molar-refractivity contribution >= 4 is 0 Å². The highest BCUT2D eigenvalue weighted by Crippen LogP contribution is 2.37. The lowest BCUT2D eigenvalue weighted by molar-refractivity contribution is -0.137. The van der Waals surface area contributed by atoms with Crippen molar-refractivity contribution in [2.45, 2.75) is 38.1 Å². The second kappa shape index (κ2) is 4.22. The fourth-order valence-electron chi connectivity index (χ4n) is 1.99. The van der Waals surface area contributed by atoms with Gasteiger partial charge in [-0.05, 0) is 24.6 Å². The number of rotatable bonds is 2. The van der Waals surface area contributed by atoms with Crippen LogP contribution < -0.4 is 4.74 Å². The van der Waals surface area contributed by atoms with Gasteiger partial charge in [-0.1, -0.05) is 6.07 Å². The second-order valence-corrected chi connectivity index (χ2v) is 4.35. The van der Waals surface area contributed by atoms with Crippen molar-refractivity contribution < 1.29 is 23.0 Å². The molecule has 0 radical (unpaired) electrons. The second-order valence-electron chi connectivity index (χ2n) is 4.35. The molecule has 1 N–H and O–H groups in total. The molecule has 0 saturated carbocycles. The maximum atomic E-state index is 12.5. The maximum absolute atomic E-state index is 12.5. The van der Waals surface area contributed by atoms with Crippen LogP contribution in [0, 0.1) is 0 Å². The molecular weight excluding hydrogens is 233 g/mol. The fraction of sp³-hybridized carbons (Fsp3) is 0.500. The van der Waals surface area contributed by atoms with Gasteiger partial charge in [0.15, 0.2) is 0 Å². The highest BCUT2D eigenvalue weighted by Gasteiger charge is 2.33. The first-order chi connectivity index (χ1) is 7.86. The average Bonchev–Trinajstić information content (AvgIpc) is 2.55. The van der Waals surface area contributed by atoms with Crippen LogP contribution in [0.2, 0.25) is 0 Å². The third-order valence-corrected chi connectivity index (χ3v) is 2.74. The monoisotopic (exact) mass is 246 g/mol. The van der Waals surface area contributed by atoms with Gasteiger partial charge in [0.2, 0.25) is 0 Å². The molecule has 5 heteroatoms. The standard InChI is InChI=1S/C12H13F3O2/c1-7(16)4-10-5-8-2-3-9(12(13,14)15)6-11(8)17-10/h2-3,6-7,10,16H,4-5H2,1H3. The molecule has 1 aliphatic rings. The van der Waals surface area contributed by atoms with Crippen molar-refractivity contribution in [1.82, 2.24) is 0 Å². The normalized spacial score (nSPS) is 20.9. The first-order valence-electron chi connectivity index (χ1n) is 5.41. The number of halogens is 3. The summed E-state index contributed by atoms with van der Waals surface area (Å²) in [5, 5.41) is 9.22. The number of alkyl halides is 3. The van der Waals surface area contributed by atoms with Crippen molar-refractivity contribution in [2.75, 3.05) is 0 Å². The SMILES string of the molecule is CC(O)CC1Cc2ccc(C(F)(F)F)cc2O1.